The molecule has 0 amide bonds. The molecule has 73 heavy (non-hydrogen) atoms. The summed E-state index contributed by atoms with van der Waals surface area (Å²) in [5.74, 6) is -0.164. The molecule has 6 saturated heterocycles. The molecule has 0 unspecified atom stereocenters. The van der Waals surface area contributed by atoms with Crippen LogP contribution in [0.15, 0.2) is 23.8 Å². The zero-order chi connectivity index (χ0) is 52.3. The number of ether oxygens (including phenoxy) is 10. The minimum Gasteiger partial charge on any atom is -0.394 e. The van der Waals surface area contributed by atoms with E-state index in [1.807, 2.05) is 0 Å². The number of fused-ring (bicyclic) bond motifs is 7. The fourth-order valence-corrected chi connectivity index (χ4v) is 15.1. The van der Waals surface area contributed by atoms with Crippen molar-refractivity contribution in [3.8, 4) is 0 Å². The van der Waals surface area contributed by atoms with Crippen molar-refractivity contribution >= 4 is 0 Å². The highest BCUT2D eigenvalue weighted by Gasteiger charge is 2.74. The number of aliphatic hydroxyl groups excluding tert-OH is 12. The van der Waals surface area contributed by atoms with Crippen molar-refractivity contribution in [3.05, 3.63) is 23.8 Å². The Kier molecular flexibility index (Phi) is 15.5. The fourth-order valence-electron chi connectivity index (χ4n) is 15.1. The smallest absolute Gasteiger partial charge is 0.187 e. The van der Waals surface area contributed by atoms with E-state index in [0.29, 0.717) is 32.3 Å². The highest BCUT2D eigenvalue weighted by Crippen LogP contribution is 2.72. The Bertz CT molecular complexity index is 1980. The van der Waals surface area contributed by atoms with Gasteiger partial charge in [-0.2, -0.15) is 0 Å². The van der Waals surface area contributed by atoms with Gasteiger partial charge < -0.3 is 114 Å². The lowest BCUT2D eigenvalue weighted by atomic mass is 9.45. The van der Waals surface area contributed by atoms with Crippen LogP contribution in [-0.2, 0) is 47.4 Å². The summed E-state index contributed by atoms with van der Waals surface area (Å²) in [6.45, 7) is 8.31. The van der Waals surface area contributed by atoms with Gasteiger partial charge >= 0.3 is 0 Å². The monoisotopic (exact) mass is 1050 g/mol. The van der Waals surface area contributed by atoms with Crippen LogP contribution in [0.1, 0.15) is 78.6 Å². The lowest BCUT2D eigenvalue weighted by molar-refractivity contribution is -0.403. The maximum Gasteiger partial charge on any atom is 0.187 e. The number of allylic oxidation sites excluding steroid dienone is 1. The number of hydrogen-bond acceptors (Lipinski definition) is 23. The van der Waals surface area contributed by atoms with Gasteiger partial charge in [-0.1, -0.05) is 44.6 Å². The Morgan fingerprint density at radius 2 is 1.29 bits per heavy atom. The van der Waals surface area contributed by atoms with Crippen molar-refractivity contribution in [2.45, 2.75) is 219 Å². The minimum atomic E-state index is -2.01. The van der Waals surface area contributed by atoms with Crippen molar-refractivity contribution in [3.63, 3.8) is 0 Å². The normalized spacial score (nSPS) is 56.1. The Morgan fingerprint density at radius 1 is 0.658 bits per heavy atom. The van der Waals surface area contributed by atoms with Gasteiger partial charge in [-0.25, -0.2) is 0 Å². The zero-order valence-electron chi connectivity index (χ0n) is 41.5. The van der Waals surface area contributed by atoms with Gasteiger partial charge in [0.05, 0.1) is 50.8 Å². The molecule has 0 radical (unpaired) electrons. The average molecular weight is 1050 g/mol. The SMILES string of the molecule is C=C1CC[C@@]2(OC1)O[C@H]1C[C@@]3(O)[C@@H]4CC=C5C[C@@H](O[C@@H]6O[C@H](CO)[C@H](O[C@@H]7O[C@H](CO)[C@@H](O)[C@H](O[C@@H]8OC[C@@H](O)[C@H](O)[C@H]8O)[C@H]7O[C@@H]7O[C@H](CO)[C@@H](O)[C@H](O)[C@H]7O)[C@H](O)[C@H]6O)CC[C@]5(C)[C@H]4CC[C@]3(C)[C@H]1[C@@H]2C. The molecule has 0 bridgehead atoms. The van der Waals surface area contributed by atoms with E-state index in [1.165, 1.54) is 5.57 Å². The van der Waals surface area contributed by atoms with Crippen molar-refractivity contribution in [1.82, 2.24) is 0 Å². The molecule has 416 valence electrons. The van der Waals surface area contributed by atoms with Crippen molar-refractivity contribution in [2.24, 2.45) is 34.5 Å². The van der Waals surface area contributed by atoms with Crippen LogP contribution in [0.4, 0.5) is 0 Å². The fraction of sp³-hybridized carbons (Fsp3) is 0.920. The van der Waals surface area contributed by atoms with Crippen LogP contribution in [0.2, 0.25) is 0 Å². The molecule has 9 fully saturated rings. The van der Waals surface area contributed by atoms with Gasteiger partial charge in [0.1, 0.15) is 91.6 Å². The van der Waals surface area contributed by atoms with E-state index < -0.39 is 161 Å². The highest BCUT2D eigenvalue weighted by molar-refractivity contribution is 5.30. The lowest BCUT2D eigenvalue weighted by Crippen LogP contribution is -2.68. The summed E-state index contributed by atoms with van der Waals surface area (Å²) in [6, 6.07) is 0. The van der Waals surface area contributed by atoms with Gasteiger partial charge in [-0.3, -0.25) is 0 Å². The summed E-state index contributed by atoms with van der Waals surface area (Å²) >= 11 is 0. The molecule has 10 rings (SSSR count). The Hall–Kier alpha value is -1.44. The van der Waals surface area contributed by atoms with Gasteiger partial charge in [-0.05, 0) is 62.2 Å². The zero-order valence-corrected chi connectivity index (χ0v) is 41.5. The molecule has 29 atom stereocenters. The second-order valence-electron chi connectivity index (χ2n) is 23.2. The van der Waals surface area contributed by atoms with E-state index in [2.05, 4.69) is 33.4 Å². The molecule has 3 saturated carbocycles. The third-order valence-electron chi connectivity index (χ3n) is 19.4. The van der Waals surface area contributed by atoms with Crippen LogP contribution in [0.25, 0.3) is 0 Å². The summed E-state index contributed by atoms with van der Waals surface area (Å²) in [6.07, 6.45) is -25.3. The molecule has 0 aromatic carbocycles. The molecule has 10 aliphatic rings. The van der Waals surface area contributed by atoms with Crippen LogP contribution in [-0.4, -0.2) is 240 Å². The first-order chi connectivity index (χ1) is 34.6. The van der Waals surface area contributed by atoms with Gasteiger partial charge in [0.15, 0.2) is 30.9 Å². The minimum absolute atomic E-state index is 0.0185. The molecule has 0 aromatic rings. The maximum atomic E-state index is 13.0. The Labute approximate surface area is 423 Å². The molecular weight excluding hydrogens is 969 g/mol. The van der Waals surface area contributed by atoms with E-state index in [0.717, 1.165) is 37.7 Å². The van der Waals surface area contributed by atoms with Gasteiger partial charge in [0.2, 0.25) is 0 Å². The van der Waals surface area contributed by atoms with E-state index in [-0.39, 0.29) is 40.6 Å². The highest BCUT2D eigenvalue weighted by atomic mass is 16.8. The van der Waals surface area contributed by atoms with Gasteiger partial charge in [-0.15, -0.1) is 0 Å². The molecule has 6 heterocycles. The second-order valence-corrected chi connectivity index (χ2v) is 23.2. The molecule has 1 spiro atoms. The third kappa shape index (κ3) is 9.04. The third-order valence-corrected chi connectivity index (χ3v) is 19.4. The number of aliphatic hydroxyl groups is 13. The lowest BCUT2D eigenvalue weighted by Gasteiger charge is -2.62. The summed E-state index contributed by atoms with van der Waals surface area (Å²) in [4.78, 5) is 0. The van der Waals surface area contributed by atoms with Gasteiger partial charge in [0.25, 0.3) is 0 Å². The first-order valence-electron chi connectivity index (χ1n) is 26.2. The molecule has 6 aliphatic heterocycles. The van der Waals surface area contributed by atoms with Crippen molar-refractivity contribution in [1.29, 1.82) is 0 Å². The number of hydrogen-bond donors (Lipinski definition) is 13. The average Bonchev–Trinajstić information content (AvgIpc) is 3.77. The van der Waals surface area contributed by atoms with E-state index >= 15 is 0 Å². The van der Waals surface area contributed by atoms with Crippen LogP contribution in [0.3, 0.4) is 0 Å². The Morgan fingerprint density at radius 3 is 1.99 bits per heavy atom. The molecule has 0 aromatic heterocycles. The molecule has 13 N–H and O–H groups in total. The predicted octanol–water partition coefficient (Wildman–Crippen LogP) is -3.32. The van der Waals surface area contributed by atoms with E-state index in [1.54, 1.807) is 0 Å². The van der Waals surface area contributed by atoms with Crippen LogP contribution in [0, 0.1) is 34.5 Å². The van der Waals surface area contributed by atoms with E-state index in [4.69, 9.17) is 47.4 Å². The van der Waals surface area contributed by atoms with E-state index in [9.17, 15) is 66.4 Å². The van der Waals surface area contributed by atoms with Crippen molar-refractivity contribution < 1.29 is 114 Å². The summed E-state index contributed by atoms with van der Waals surface area (Å²) in [7, 11) is 0. The Balaban J connectivity index is 0.834. The summed E-state index contributed by atoms with van der Waals surface area (Å²) in [5.41, 5.74) is 0.726. The largest absolute Gasteiger partial charge is 0.394 e. The predicted molar refractivity (Wildman–Crippen MR) is 244 cm³/mol. The summed E-state index contributed by atoms with van der Waals surface area (Å²) in [5, 5.41) is 142. The quantitative estimate of drug-likeness (QED) is 0.0901. The maximum absolute atomic E-state index is 13.0. The van der Waals surface area contributed by atoms with Crippen LogP contribution < -0.4 is 0 Å². The first-order valence-corrected chi connectivity index (χ1v) is 26.2. The van der Waals surface area contributed by atoms with Gasteiger partial charge in [0, 0.05) is 30.1 Å². The van der Waals surface area contributed by atoms with Crippen LogP contribution in [0.5, 0.6) is 0 Å². The molecule has 4 aliphatic carbocycles. The second kappa shape index (κ2) is 20.7. The topological polar surface area (TPSA) is 355 Å². The molecular formula is C50H78O23. The standard InChI is InChI=1S/C50H78O23/c1-20-7-12-50(65-18-20)21(2)31-27(73-50)14-49(63)25-6-5-22-13-23(8-10-47(22,3)24(25)9-11-48(31,49)4)66-44-39(62)36(59)40(30(17-53)69-44)70-46-42(72-45-38(61)35(58)33(56)28(15-51)67-45)41(34(57)29(16-52)68-46)71-43-37(60)32(55)26(54)19-64-43/h5,21,23-46,51-63H,1,6-19H2,2-4H3/t21-,23-,24-,25+,26+,27-,28+,29+,30+,31-,32-,33+,34+,35-,36+,37+,38+,39+,40-,41-,42+,43-,44+,45-,46-,47-,48+,49+,50+/m0/s1. The molecule has 23 nitrogen and oxygen atoms in total. The number of rotatable bonds is 11. The summed E-state index contributed by atoms with van der Waals surface area (Å²) < 4.78 is 60.9. The van der Waals surface area contributed by atoms with Crippen LogP contribution >= 0.6 is 0 Å². The first kappa shape index (κ1) is 54.9. The molecule has 23 heteroatoms. The van der Waals surface area contributed by atoms with Crippen molar-refractivity contribution in [2.75, 3.05) is 33.0 Å².